The fourth-order valence-electron chi connectivity index (χ4n) is 3.36. The summed E-state index contributed by atoms with van der Waals surface area (Å²) in [6.45, 7) is 0. The molecule has 1 amide bonds. The molecule has 3 rings (SSSR count). The summed E-state index contributed by atoms with van der Waals surface area (Å²) in [6, 6.07) is 12.5. The van der Waals surface area contributed by atoms with Crippen LogP contribution >= 0.6 is 11.8 Å². The maximum Gasteiger partial charge on any atom is 0.326 e. The first-order valence-corrected chi connectivity index (χ1v) is 11.9. The quantitative estimate of drug-likeness (QED) is 0.390. The second-order valence-corrected chi connectivity index (χ2v) is 8.48. The lowest BCUT2D eigenvalue weighted by Gasteiger charge is -2.15. The minimum absolute atomic E-state index is 0.308. The van der Waals surface area contributed by atoms with E-state index in [1.807, 2.05) is 18.4 Å². The molecule has 8 heteroatoms. The Balaban J connectivity index is 1.79. The van der Waals surface area contributed by atoms with Gasteiger partial charge in [-0.25, -0.2) is 14.2 Å². The topological polar surface area (TPSA) is 95.1 Å². The number of thioether (sulfide) groups is 1. The molecule has 0 fully saturated rings. The van der Waals surface area contributed by atoms with Gasteiger partial charge in [0.05, 0.1) is 0 Å². The number of aromatic amines is 1. The van der Waals surface area contributed by atoms with Gasteiger partial charge in [0, 0.05) is 24.4 Å². The van der Waals surface area contributed by atoms with E-state index in [1.54, 1.807) is 42.7 Å². The largest absolute Gasteiger partial charge is 0.480 e. The Morgan fingerprint density at radius 2 is 2.00 bits per heavy atom. The number of aliphatic carboxylic acids is 1. The molecule has 0 aliphatic rings. The third kappa shape index (κ3) is 7.32. The highest BCUT2D eigenvalue weighted by molar-refractivity contribution is 7.98. The predicted molar refractivity (Wildman–Crippen MR) is 129 cm³/mol. The van der Waals surface area contributed by atoms with Crippen molar-refractivity contribution in [2.75, 3.05) is 12.0 Å². The number of rotatable bonds is 11. The van der Waals surface area contributed by atoms with Gasteiger partial charge >= 0.3 is 5.97 Å². The Hall–Kier alpha value is -3.39. The molecular formula is C25H26FN3O3S. The van der Waals surface area contributed by atoms with Crippen LogP contribution in [0, 0.1) is 5.82 Å². The summed E-state index contributed by atoms with van der Waals surface area (Å²) in [5, 5.41) is 12.0. The first-order chi connectivity index (χ1) is 16.0. The number of hydrogen-bond donors (Lipinski definition) is 3. The van der Waals surface area contributed by atoms with Crippen molar-refractivity contribution in [1.29, 1.82) is 0 Å². The van der Waals surface area contributed by atoms with Gasteiger partial charge < -0.3 is 15.4 Å². The zero-order valence-corrected chi connectivity index (χ0v) is 19.1. The number of amides is 1. The number of hydrogen-bond acceptors (Lipinski definition) is 4. The van der Waals surface area contributed by atoms with E-state index >= 15 is 0 Å². The van der Waals surface area contributed by atoms with Crippen molar-refractivity contribution in [2.45, 2.75) is 25.3 Å². The average Bonchev–Trinajstić information content (AvgIpc) is 3.33. The van der Waals surface area contributed by atoms with Gasteiger partial charge in [0.25, 0.3) is 5.91 Å². The number of nitrogens with one attached hydrogen (secondary N) is 2. The first-order valence-electron chi connectivity index (χ1n) is 10.5. The van der Waals surface area contributed by atoms with Gasteiger partial charge in [-0.1, -0.05) is 30.3 Å². The average molecular weight is 468 g/mol. The van der Waals surface area contributed by atoms with E-state index in [9.17, 15) is 19.1 Å². The fourth-order valence-corrected chi connectivity index (χ4v) is 3.83. The predicted octanol–water partition coefficient (Wildman–Crippen LogP) is 4.35. The Morgan fingerprint density at radius 3 is 2.67 bits per heavy atom. The van der Waals surface area contributed by atoms with E-state index in [4.69, 9.17) is 0 Å². The van der Waals surface area contributed by atoms with E-state index < -0.39 is 17.9 Å². The molecule has 0 saturated carbocycles. The molecule has 6 nitrogen and oxygen atoms in total. The molecule has 0 radical (unpaired) electrons. The lowest BCUT2D eigenvalue weighted by atomic mass is 9.96. The van der Waals surface area contributed by atoms with Crippen LogP contribution in [0.4, 0.5) is 4.39 Å². The van der Waals surface area contributed by atoms with E-state index in [0.717, 1.165) is 22.5 Å². The van der Waals surface area contributed by atoms with Crippen LogP contribution < -0.4 is 5.32 Å². The highest BCUT2D eigenvalue weighted by atomic mass is 32.2. The van der Waals surface area contributed by atoms with E-state index in [-0.39, 0.29) is 5.82 Å². The van der Waals surface area contributed by atoms with E-state index in [1.165, 1.54) is 23.9 Å². The minimum atomic E-state index is -1.05. The van der Waals surface area contributed by atoms with Gasteiger partial charge in [-0.05, 0) is 65.8 Å². The number of nitrogens with zero attached hydrogens (tertiary/aromatic N) is 1. The van der Waals surface area contributed by atoms with Crippen LogP contribution in [-0.2, 0) is 17.6 Å². The lowest BCUT2D eigenvalue weighted by Crippen LogP contribution is -2.41. The van der Waals surface area contributed by atoms with Crippen LogP contribution in [0.3, 0.4) is 0 Å². The van der Waals surface area contributed by atoms with Crippen molar-refractivity contribution in [3.63, 3.8) is 0 Å². The molecule has 0 spiro atoms. The van der Waals surface area contributed by atoms with Crippen LogP contribution in [-0.4, -0.2) is 45.0 Å². The summed E-state index contributed by atoms with van der Waals surface area (Å²) < 4.78 is 13.4. The number of halogens is 1. The number of carbonyl (C=O) groups is 2. The zero-order chi connectivity index (χ0) is 23.6. The summed E-state index contributed by atoms with van der Waals surface area (Å²) in [6.07, 6.45) is 8.81. The Bertz CT molecular complexity index is 1100. The van der Waals surface area contributed by atoms with Crippen LogP contribution in [0.5, 0.6) is 0 Å². The van der Waals surface area contributed by atoms with Gasteiger partial charge in [0.15, 0.2) is 0 Å². The van der Waals surface area contributed by atoms with Gasteiger partial charge in [-0.15, -0.1) is 0 Å². The molecule has 1 aromatic heterocycles. The van der Waals surface area contributed by atoms with Crippen molar-refractivity contribution >= 4 is 29.2 Å². The van der Waals surface area contributed by atoms with Gasteiger partial charge in [0.2, 0.25) is 0 Å². The fraction of sp³-hybridized carbons (Fsp3) is 0.240. The first kappa shape index (κ1) is 24.3. The third-order valence-electron chi connectivity index (χ3n) is 5.11. The van der Waals surface area contributed by atoms with E-state index in [2.05, 4.69) is 15.3 Å². The second-order valence-electron chi connectivity index (χ2n) is 7.50. The maximum absolute atomic E-state index is 13.4. The Kier molecular flexibility index (Phi) is 8.83. The molecule has 3 N–H and O–H groups in total. The maximum atomic E-state index is 13.4. The molecule has 0 bridgehead atoms. The van der Waals surface area contributed by atoms with Crippen LogP contribution in [0.1, 0.15) is 33.7 Å². The van der Waals surface area contributed by atoms with Crippen molar-refractivity contribution in [3.05, 3.63) is 95.3 Å². The Labute approximate surface area is 196 Å². The Morgan fingerprint density at radius 1 is 1.21 bits per heavy atom. The monoisotopic (exact) mass is 467 g/mol. The van der Waals surface area contributed by atoms with Gasteiger partial charge in [0.1, 0.15) is 17.7 Å². The summed E-state index contributed by atoms with van der Waals surface area (Å²) >= 11 is 1.53. The minimum Gasteiger partial charge on any atom is -0.480 e. The molecule has 1 atom stereocenters. The summed E-state index contributed by atoms with van der Waals surface area (Å²) in [5.74, 6) is -0.329. The highest BCUT2D eigenvalue weighted by Crippen LogP contribution is 2.22. The lowest BCUT2D eigenvalue weighted by molar-refractivity contribution is -0.139. The smallest absolute Gasteiger partial charge is 0.326 e. The number of carbonyl (C=O) groups excluding carboxylic acids is 1. The zero-order valence-electron chi connectivity index (χ0n) is 18.3. The molecule has 3 aromatic rings. The molecule has 0 unspecified atom stereocenters. The summed E-state index contributed by atoms with van der Waals surface area (Å²) in [5.41, 5.74) is 3.12. The number of H-pyrrole nitrogens is 1. The van der Waals surface area contributed by atoms with Crippen molar-refractivity contribution < 1.29 is 19.1 Å². The number of imidazole rings is 1. The molecular weight excluding hydrogens is 441 g/mol. The van der Waals surface area contributed by atoms with Crippen molar-refractivity contribution in [1.82, 2.24) is 15.3 Å². The van der Waals surface area contributed by atoms with Gasteiger partial charge in [-0.2, -0.15) is 11.8 Å². The second kappa shape index (κ2) is 12.0. The van der Waals surface area contributed by atoms with Crippen LogP contribution in [0.15, 0.2) is 67.0 Å². The normalized spacial score (nSPS) is 12.4. The molecule has 0 saturated heterocycles. The number of allylic oxidation sites excluding steroid dienone is 2. The van der Waals surface area contributed by atoms with Crippen molar-refractivity contribution in [2.24, 2.45) is 0 Å². The van der Waals surface area contributed by atoms with E-state index in [0.29, 0.717) is 30.6 Å². The molecule has 172 valence electrons. The standard InChI is InChI=1S/C25H26FN3O3S/c1-33-14-11-22(25(31)32)29-24(30)20-4-2-3-17(16-20)15-19(7-10-23-27-12-13-28-23)18-5-8-21(26)9-6-18/h2-9,12-13,16,22H,10-11,14-15H2,1H3,(H,27,28)(H,29,30)(H,31,32)/b19-7-/t22-/m0/s1. The van der Waals surface area contributed by atoms with Crippen molar-refractivity contribution in [3.8, 4) is 0 Å². The summed E-state index contributed by atoms with van der Waals surface area (Å²) in [4.78, 5) is 31.5. The molecule has 33 heavy (non-hydrogen) atoms. The SMILES string of the molecule is CSCC[C@H](NC(=O)c1cccc(C/C(=C/Cc2ncc[nH]2)c2ccc(F)cc2)c1)C(=O)O. The number of carboxylic acids is 1. The molecule has 2 aromatic carbocycles. The van der Waals surface area contributed by atoms with Gasteiger partial charge in [-0.3, -0.25) is 4.79 Å². The molecule has 1 heterocycles. The summed E-state index contributed by atoms with van der Waals surface area (Å²) in [7, 11) is 0. The molecule has 0 aliphatic carbocycles. The number of carboxylic acid groups (broad SMARTS) is 1. The number of benzene rings is 2. The third-order valence-corrected chi connectivity index (χ3v) is 5.75. The molecule has 0 aliphatic heterocycles. The number of aromatic nitrogens is 2. The van der Waals surface area contributed by atoms with Crippen LogP contribution in [0.2, 0.25) is 0 Å². The van der Waals surface area contributed by atoms with Crippen LogP contribution in [0.25, 0.3) is 5.57 Å². The highest BCUT2D eigenvalue weighted by Gasteiger charge is 2.20.